The maximum absolute atomic E-state index is 14.1. The van der Waals surface area contributed by atoms with E-state index in [1.165, 1.54) is 23.9 Å². The van der Waals surface area contributed by atoms with Crippen LogP contribution >= 0.6 is 23.4 Å². The van der Waals surface area contributed by atoms with Crippen LogP contribution in [-0.4, -0.2) is 23.2 Å². The number of hydrogen-bond acceptors (Lipinski definition) is 3. The molecule has 0 bridgehead atoms. The highest BCUT2D eigenvalue weighted by Gasteiger charge is 2.34. The van der Waals surface area contributed by atoms with Gasteiger partial charge in [-0.25, -0.2) is 4.39 Å². The number of hydrogen-bond donors (Lipinski definition) is 0. The average molecular weight is 366 g/mol. The van der Waals surface area contributed by atoms with Crippen LogP contribution in [0.2, 0.25) is 5.02 Å². The second-order valence-electron chi connectivity index (χ2n) is 5.39. The minimum atomic E-state index is -0.360. The fourth-order valence-electron chi connectivity index (χ4n) is 2.70. The predicted molar refractivity (Wildman–Crippen MR) is 94.8 cm³/mol. The summed E-state index contributed by atoms with van der Waals surface area (Å²) in [6.07, 6.45) is 0. The molecule has 2 aromatic carbocycles. The molecule has 0 aliphatic carbocycles. The molecule has 126 valence electrons. The molecule has 1 atom stereocenters. The molecule has 0 aromatic heterocycles. The molecule has 1 aliphatic rings. The lowest BCUT2D eigenvalue weighted by molar-refractivity contribution is -0.128. The Hall–Kier alpha value is -1.72. The van der Waals surface area contributed by atoms with Gasteiger partial charge in [0, 0.05) is 16.1 Å². The van der Waals surface area contributed by atoms with Crippen molar-refractivity contribution in [2.75, 3.05) is 12.4 Å². The van der Waals surface area contributed by atoms with Gasteiger partial charge in [0.25, 0.3) is 0 Å². The van der Waals surface area contributed by atoms with Crippen LogP contribution < -0.4 is 4.74 Å². The summed E-state index contributed by atoms with van der Waals surface area (Å²) in [6, 6.07) is 12.1. The summed E-state index contributed by atoms with van der Waals surface area (Å²) in [7, 11) is 0. The van der Waals surface area contributed by atoms with Gasteiger partial charge in [0.15, 0.2) is 0 Å². The first kappa shape index (κ1) is 17.1. The fourth-order valence-corrected chi connectivity index (χ4v) is 4.11. The summed E-state index contributed by atoms with van der Waals surface area (Å²) in [5.74, 6) is 0.744. The van der Waals surface area contributed by atoms with E-state index in [9.17, 15) is 9.18 Å². The SMILES string of the molecule is CCOc1ccccc1C1SCC(=O)N1Cc1cc(Cl)ccc1F. The van der Waals surface area contributed by atoms with Crippen LogP contribution in [0.25, 0.3) is 0 Å². The van der Waals surface area contributed by atoms with E-state index < -0.39 is 0 Å². The highest BCUT2D eigenvalue weighted by Crippen LogP contribution is 2.43. The van der Waals surface area contributed by atoms with E-state index in [0.29, 0.717) is 22.9 Å². The third-order valence-electron chi connectivity index (χ3n) is 3.80. The van der Waals surface area contributed by atoms with Gasteiger partial charge in [-0.1, -0.05) is 29.8 Å². The van der Waals surface area contributed by atoms with Crippen LogP contribution in [0, 0.1) is 5.82 Å². The molecular weight excluding hydrogens is 349 g/mol. The van der Waals surface area contributed by atoms with Crippen molar-refractivity contribution in [1.82, 2.24) is 4.90 Å². The van der Waals surface area contributed by atoms with Crippen molar-refractivity contribution in [1.29, 1.82) is 0 Å². The maximum atomic E-state index is 14.1. The van der Waals surface area contributed by atoms with Crippen molar-refractivity contribution in [3.63, 3.8) is 0 Å². The predicted octanol–water partition coefficient (Wildman–Crippen LogP) is 4.65. The van der Waals surface area contributed by atoms with Gasteiger partial charge in [0.2, 0.25) is 5.91 Å². The molecule has 1 amide bonds. The highest BCUT2D eigenvalue weighted by molar-refractivity contribution is 8.00. The zero-order valence-electron chi connectivity index (χ0n) is 13.2. The van der Waals surface area contributed by atoms with Crippen LogP contribution in [-0.2, 0) is 11.3 Å². The molecule has 0 saturated carbocycles. The first-order valence-corrected chi connectivity index (χ1v) is 9.09. The first-order valence-electron chi connectivity index (χ1n) is 7.67. The van der Waals surface area contributed by atoms with E-state index in [0.717, 1.165) is 11.3 Å². The topological polar surface area (TPSA) is 29.5 Å². The van der Waals surface area contributed by atoms with Crippen LogP contribution in [0.4, 0.5) is 4.39 Å². The van der Waals surface area contributed by atoms with Gasteiger partial charge in [-0.3, -0.25) is 4.79 Å². The van der Waals surface area contributed by atoms with Crippen LogP contribution in [0.15, 0.2) is 42.5 Å². The van der Waals surface area contributed by atoms with Gasteiger partial charge in [0.1, 0.15) is 16.9 Å². The molecule has 6 heteroatoms. The second kappa shape index (κ2) is 7.45. The van der Waals surface area contributed by atoms with Gasteiger partial charge in [0.05, 0.1) is 18.9 Å². The van der Waals surface area contributed by atoms with E-state index >= 15 is 0 Å². The lowest BCUT2D eigenvalue weighted by Gasteiger charge is -2.26. The highest BCUT2D eigenvalue weighted by atomic mass is 35.5. The average Bonchev–Trinajstić information content (AvgIpc) is 2.93. The second-order valence-corrected chi connectivity index (χ2v) is 6.90. The van der Waals surface area contributed by atoms with E-state index in [1.54, 1.807) is 11.0 Å². The summed E-state index contributed by atoms with van der Waals surface area (Å²) in [4.78, 5) is 14.0. The number of carbonyl (C=O) groups is 1. The molecule has 1 aliphatic heterocycles. The van der Waals surface area contributed by atoms with Crippen LogP contribution in [0.5, 0.6) is 5.75 Å². The van der Waals surface area contributed by atoms with E-state index in [-0.39, 0.29) is 23.6 Å². The van der Waals surface area contributed by atoms with E-state index in [4.69, 9.17) is 16.3 Å². The summed E-state index contributed by atoms with van der Waals surface area (Å²) < 4.78 is 19.7. The molecule has 2 aromatic rings. The van der Waals surface area contributed by atoms with E-state index in [2.05, 4.69) is 0 Å². The normalized spacial score (nSPS) is 17.4. The third-order valence-corrected chi connectivity index (χ3v) is 5.27. The van der Waals surface area contributed by atoms with Crippen LogP contribution in [0.3, 0.4) is 0 Å². The van der Waals surface area contributed by atoms with Gasteiger partial charge in [-0.2, -0.15) is 0 Å². The molecule has 1 heterocycles. The quantitative estimate of drug-likeness (QED) is 0.772. The summed E-state index contributed by atoms with van der Waals surface area (Å²) in [5.41, 5.74) is 1.34. The monoisotopic (exact) mass is 365 g/mol. The van der Waals surface area contributed by atoms with Gasteiger partial charge in [-0.15, -0.1) is 11.8 Å². The Kier molecular flexibility index (Phi) is 5.31. The van der Waals surface area contributed by atoms with Crippen molar-refractivity contribution in [3.05, 3.63) is 64.4 Å². The standard InChI is InChI=1S/C18H17ClFNO2S/c1-2-23-16-6-4-3-5-14(16)18-21(17(22)11-24-18)10-12-9-13(19)7-8-15(12)20/h3-9,18H,2,10-11H2,1H3. The number of ether oxygens (including phenoxy) is 1. The zero-order valence-corrected chi connectivity index (χ0v) is 14.7. The van der Waals surface area contributed by atoms with E-state index in [1.807, 2.05) is 31.2 Å². The number of carbonyl (C=O) groups excluding carboxylic acids is 1. The van der Waals surface area contributed by atoms with Gasteiger partial charge < -0.3 is 9.64 Å². The Morgan fingerprint density at radius 1 is 1.33 bits per heavy atom. The molecule has 3 nitrogen and oxygen atoms in total. The molecule has 3 rings (SSSR count). The number of para-hydroxylation sites is 1. The Balaban J connectivity index is 1.91. The number of benzene rings is 2. The Morgan fingerprint density at radius 3 is 2.92 bits per heavy atom. The van der Waals surface area contributed by atoms with Gasteiger partial charge >= 0.3 is 0 Å². The number of thioether (sulfide) groups is 1. The van der Waals surface area contributed by atoms with Crippen molar-refractivity contribution in [2.45, 2.75) is 18.8 Å². The Labute approximate surface area is 149 Å². The fraction of sp³-hybridized carbons (Fsp3) is 0.278. The smallest absolute Gasteiger partial charge is 0.234 e. The Morgan fingerprint density at radius 2 is 2.12 bits per heavy atom. The molecule has 0 radical (unpaired) electrons. The minimum Gasteiger partial charge on any atom is -0.493 e. The minimum absolute atomic E-state index is 0.0179. The molecule has 1 saturated heterocycles. The molecule has 0 N–H and O–H groups in total. The molecule has 1 fully saturated rings. The first-order chi connectivity index (χ1) is 11.6. The largest absolute Gasteiger partial charge is 0.493 e. The van der Waals surface area contributed by atoms with Crippen molar-refractivity contribution in [2.24, 2.45) is 0 Å². The van der Waals surface area contributed by atoms with Gasteiger partial charge in [-0.05, 0) is 31.2 Å². The van der Waals surface area contributed by atoms with Crippen LogP contribution in [0.1, 0.15) is 23.4 Å². The summed E-state index contributed by atoms with van der Waals surface area (Å²) in [5, 5.41) is 0.260. The number of rotatable bonds is 5. The lowest BCUT2D eigenvalue weighted by atomic mass is 10.1. The lowest BCUT2D eigenvalue weighted by Crippen LogP contribution is -2.28. The third kappa shape index (κ3) is 3.52. The van der Waals surface area contributed by atoms with Crippen molar-refractivity contribution < 1.29 is 13.9 Å². The summed E-state index contributed by atoms with van der Waals surface area (Å²) in [6.45, 7) is 2.65. The summed E-state index contributed by atoms with van der Waals surface area (Å²) >= 11 is 7.49. The molecule has 0 spiro atoms. The molecular formula is C18H17ClFNO2S. The maximum Gasteiger partial charge on any atom is 0.234 e. The molecule has 24 heavy (non-hydrogen) atoms. The number of halogens is 2. The number of amides is 1. The zero-order chi connectivity index (χ0) is 17.1. The number of nitrogens with zero attached hydrogens (tertiary/aromatic N) is 1. The van der Waals surface area contributed by atoms with Crippen molar-refractivity contribution in [3.8, 4) is 5.75 Å². The Bertz CT molecular complexity index is 756. The molecule has 1 unspecified atom stereocenters. The van der Waals surface area contributed by atoms with Crippen molar-refractivity contribution >= 4 is 29.3 Å².